The molecule has 0 unspecified atom stereocenters. The largest absolute Gasteiger partial charge is 0.403 e. The Morgan fingerprint density at radius 1 is 1.04 bits per heavy atom. The summed E-state index contributed by atoms with van der Waals surface area (Å²) in [6.45, 7) is 0. The van der Waals surface area contributed by atoms with Crippen molar-refractivity contribution in [2.45, 2.75) is 0 Å². The first-order chi connectivity index (χ1) is 11.1. The molecule has 0 aromatic heterocycles. The number of nitrogens with zero attached hydrogens (tertiary/aromatic N) is 2. The molecule has 0 aliphatic carbocycles. The average Bonchev–Trinajstić information content (AvgIpc) is 2.73. The lowest BCUT2D eigenvalue weighted by atomic mass is 10.1. The molecule has 23 heavy (non-hydrogen) atoms. The Balaban J connectivity index is 2.22. The molecule has 1 aliphatic rings. The highest BCUT2D eigenvalue weighted by Gasteiger charge is 2.20. The summed E-state index contributed by atoms with van der Waals surface area (Å²) >= 11 is 6.00. The van der Waals surface area contributed by atoms with Crippen molar-refractivity contribution in [1.82, 2.24) is 0 Å². The van der Waals surface area contributed by atoms with Crippen LogP contribution in [0, 0.1) is 11.6 Å². The maximum absolute atomic E-state index is 14.1. The number of rotatable bonds is 2. The van der Waals surface area contributed by atoms with E-state index in [1.54, 1.807) is 24.3 Å². The van der Waals surface area contributed by atoms with Crippen molar-refractivity contribution >= 4 is 34.6 Å². The first-order valence-corrected chi connectivity index (χ1v) is 7.03. The first-order valence-electron chi connectivity index (χ1n) is 6.65. The van der Waals surface area contributed by atoms with Crippen molar-refractivity contribution in [2.24, 2.45) is 15.7 Å². The molecule has 2 aromatic rings. The second kappa shape index (κ2) is 6.18. The van der Waals surface area contributed by atoms with E-state index in [1.807, 2.05) is 0 Å². The summed E-state index contributed by atoms with van der Waals surface area (Å²) in [6.07, 6.45) is 1.12. The van der Waals surface area contributed by atoms with Crippen LogP contribution in [0.2, 0.25) is 0 Å². The molecule has 0 atom stereocenters. The number of halogens is 3. The van der Waals surface area contributed by atoms with Gasteiger partial charge in [0, 0.05) is 6.20 Å². The molecule has 0 fully saturated rings. The SMILES string of the molecule is N/C=C(/Cl)C1=Nc2ccccc2NC(c2c(F)cccc2F)=N1. The van der Waals surface area contributed by atoms with Gasteiger partial charge in [0.25, 0.3) is 0 Å². The van der Waals surface area contributed by atoms with Crippen molar-refractivity contribution in [1.29, 1.82) is 0 Å². The van der Waals surface area contributed by atoms with Crippen LogP contribution in [0.5, 0.6) is 0 Å². The van der Waals surface area contributed by atoms with Gasteiger partial charge in [-0.1, -0.05) is 29.8 Å². The summed E-state index contributed by atoms with van der Waals surface area (Å²) in [7, 11) is 0. The lowest BCUT2D eigenvalue weighted by molar-refractivity contribution is 0.579. The fourth-order valence-electron chi connectivity index (χ4n) is 2.10. The van der Waals surface area contributed by atoms with E-state index in [9.17, 15) is 8.78 Å². The number of benzene rings is 2. The summed E-state index contributed by atoms with van der Waals surface area (Å²) in [5.41, 5.74) is 6.18. The molecule has 7 heteroatoms. The molecule has 1 aliphatic heterocycles. The van der Waals surface area contributed by atoms with Gasteiger partial charge in [0.05, 0.1) is 16.9 Å². The molecule has 3 N–H and O–H groups in total. The zero-order valence-electron chi connectivity index (χ0n) is 11.7. The van der Waals surface area contributed by atoms with E-state index in [-0.39, 0.29) is 22.3 Å². The molecule has 0 saturated heterocycles. The minimum Gasteiger partial charge on any atom is -0.403 e. The summed E-state index contributed by atoms with van der Waals surface area (Å²) in [5, 5.41) is 2.96. The van der Waals surface area contributed by atoms with E-state index in [2.05, 4.69) is 15.3 Å². The highest BCUT2D eigenvalue weighted by molar-refractivity contribution is 6.44. The Bertz CT molecular complexity index is 839. The summed E-state index contributed by atoms with van der Waals surface area (Å²) in [4.78, 5) is 8.43. The molecule has 0 bridgehead atoms. The normalized spacial score (nSPS) is 14.3. The Labute approximate surface area is 136 Å². The third-order valence-corrected chi connectivity index (χ3v) is 3.46. The van der Waals surface area contributed by atoms with Crippen molar-refractivity contribution in [2.75, 3.05) is 5.32 Å². The Morgan fingerprint density at radius 3 is 2.43 bits per heavy atom. The number of para-hydroxylation sites is 2. The van der Waals surface area contributed by atoms with Crippen LogP contribution >= 0.6 is 11.6 Å². The van der Waals surface area contributed by atoms with E-state index in [1.165, 1.54) is 6.07 Å². The van der Waals surface area contributed by atoms with E-state index >= 15 is 0 Å². The number of nitrogens with two attached hydrogens (primary N) is 1. The zero-order chi connectivity index (χ0) is 16.4. The summed E-state index contributed by atoms with van der Waals surface area (Å²) in [6, 6.07) is 10.6. The van der Waals surface area contributed by atoms with Gasteiger partial charge in [-0.15, -0.1) is 0 Å². The van der Waals surface area contributed by atoms with Gasteiger partial charge in [0.1, 0.15) is 22.5 Å². The van der Waals surface area contributed by atoms with Crippen LogP contribution in [-0.2, 0) is 0 Å². The fourth-order valence-corrected chi connectivity index (χ4v) is 2.19. The number of anilines is 1. The van der Waals surface area contributed by atoms with Crippen molar-refractivity contribution in [3.63, 3.8) is 0 Å². The van der Waals surface area contributed by atoms with Crippen molar-refractivity contribution in [3.05, 3.63) is 70.9 Å². The number of aliphatic imine (C=N–C) groups is 2. The standard InChI is InChI=1S/C16H11ClF2N4/c17-9(8-20)15-21-12-6-1-2-7-13(12)22-16(23-15)14-10(18)4-3-5-11(14)19/h1-8H,20H2,(H,21,22,23)/b9-8+. The smallest absolute Gasteiger partial charge is 0.175 e. The zero-order valence-corrected chi connectivity index (χ0v) is 12.5. The number of amidine groups is 2. The molecular formula is C16H11ClF2N4. The summed E-state index contributed by atoms with van der Waals surface area (Å²) in [5.74, 6) is -1.47. The second-order valence-electron chi connectivity index (χ2n) is 4.65. The predicted octanol–water partition coefficient (Wildman–Crippen LogP) is 3.91. The topological polar surface area (TPSA) is 62.8 Å². The Kier molecular flexibility index (Phi) is 4.08. The van der Waals surface area contributed by atoms with E-state index < -0.39 is 11.6 Å². The maximum Gasteiger partial charge on any atom is 0.175 e. The second-order valence-corrected chi connectivity index (χ2v) is 5.06. The summed E-state index contributed by atoms with van der Waals surface area (Å²) < 4.78 is 28.2. The molecule has 0 saturated carbocycles. The maximum atomic E-state index is 14.1. The van der Waals surface area contributed by atoms with E-state index in [4.69, 9.17) is 17.3 Å². The van der Waals surface area contributed by atoms with Gasteiger partial charge < -0.3 is 11.1 Å². The van der Waals surface area contributed by atoms with Crippen LogP contribution in [0.1, 0.15) is 5.56 Å². The van der Waals surface area contributed by atoms with Crippen LogP contribution in [0.4, 0.5) is 20.2 Å². The lowest BCUT2D eigenvalue weighted by Gasteiger charge is -2.11. The average molecular weight is 333 g/mol. The first kappa shape index (κ1) is 15.2. The number of nitrogens with one attached hydrogen (secondary N) is 1. The minimum absolute atomic E-state index is 0.0377. The minimum atomic E-state index is -0.747. The molecular weight excluding hydrogens is 322 g/mol. The predicted molar refractivity (Wildman–Crippen MR) is 88.2 cm³/mol. The van der Waals surface area contributed by atoms with Gasteiger partial charge in [-0.2, -0.15) is 0 Å². The van der Waals surface area contributed by atoms with Gasteiger partial charge in [-0.05, 0) is 24.3 Å². The molecule has 2 aromatic carbocycles. The molecule has 0 amide bonds. The lowest BCUT2D eigenvalue weighted by Crippen LogP contribution is -2.18. The quantitative estimate of drug-likeness (QED) is 0.876. The van der Waals surface area contributed by atoms with Crippen LogP contribution < -0.4 is 11.1 Å². The molecule has 0 radical (unpaired) electrons. The van der Waals surface area contributed by atoms with Gasteiger partial charge in [0.15, 0.2) is 5.84 Å². The molecule has 4 nitrogen and oxygen atoms in total. The Hall–Kier alpha value is -2.73. The van der Waals surface area contributed by atoms with Gasteiger partial charge in [-0.3, -0.25) is 0 Å². The molecule has 0 spiro atoms. The number of hydrogen-bond donors (Lipinski definition) is 2. The fraction of sp³-hybridized carbons (Fsp3) is 0. The molecule has 116 valence electrons. The van der Waals surface area contributed by atoms with Gasteiger partial charge in [-0.25, -0.2) is 18.8 Å². The van der Waals surface area contributed by atoms with Crippen LogP contribution in [0.15, 0.2) is 63.7 Å². The monoisotopic (exact) mass is 332 g/mol. The highest BCUT2D eigenvalue weighted by atomic mass is 35.5. The van der Waals surface area contributed by atoms with E-state index in [0.29, 0.717) is 11.4 Å². The van der Waals surface area contributed by atoms with Gasteiger partial charge in [0.2, 0.25) is 0 Å². The third-order valence-electron chi connectivity index (χ3n) is 3.16. The van der Waals surface area contributed by atoms with Gasteiger partial charge >= 0.3 is 0 Å². The molecule has 1 heterocycles. The Morgan fingerprint density at radius 2 is 1.74 bits per heavy atom. The van der Waals surface area contributed by atoms with Crippen LogP contribution in [0.25, 0.3) is 0 Å². The van der Waals surface area contributed by atoms with Crippen LogP contribution in [-0.4, -0.2) is 11.7 Å². The highest BCUT2D eigenvalue weighted by Crippen LogP contribution is 2.29. The third kappa shape index (κ3) is 2.93. The van der Waals surface area contributed by atoms with Crippen LogP contribution in [0.3, 0.4) is 0 Å². The van der Waals surface area contributed by atoms with Crippen molar-refractivity contribution < 1.29 is 8.78 Å². The number of fused-ring (bicyclic) bond motifs is 1. The van der Waals surface area contributed by atoms with Crippen molar-refractivity contribution in [3.8, 4) is 0 Å². The number of hydrogen-bond acceptors (Lipinski definition) is 4. The molecule has 3 rings (SSSR count). The van der Waals surface area contributed by atoms with E-state index in [0.717, 1.165) is 18.3 Å².